The fraction of sp³-hybridized carbons (Fsp3) is 0. The van der Waals surface area contributed by atoms with Gasteiger partial charge in [0.25, 0.3) is 5.91 Å². The predicted octanol–water partition coefficient (Wildman–Crippen LogP) is 3.63. The fourth-order valence-electron chi connectivity index (χ4n) is 2.23. The zero-order chi connectivity index (χ0) is 20.1. The second kappa shape index (κ2) is 8.56. The van der Waals surface area contributed by atoms with Crippen LogP contribution in [0.25, 0.3) is 0 Å². The number of halogens is 2. The lowest BCUT2D eigenvalue weighted by atomic mass is 10.2. The van der Waals surface area contributed by atoms with Crippen LogP contribution in [0.4, 0.5) is 27.4 Å². The molecule has 0 aliphatic heterocycles. The molecule has 11 heteroatoms. The molecular formula is C17H12FIN6O3. The van der Waals surface area contributed by atoms with Crippen LogP contribution in [-0.4, -0.2) is 20.8 Å². The van der Waals surface area contributed by atoms with E-state index in [1.165, 1.54) is 18.2 Å². The first-order valence-corrected chi connectivity index (χ1v) is 8.86. The van der Waals surface area contributed by atoms with Gasteiger partial charge in [-0.05, 0) is 59.0 Å². The summed E-state index contributed by atoms with van der Waals surface area (Å²) >= 11 is 2.14. The normalized spacial score (nSPS) is 10.2. The minimum Gasteiger partial charge on any atom is -0.334 e. The SMILES string of the molecule is O=C(NNc1ncnc(Nc2ccc(I)cc2)c1[N+](=O)[O-])c1ccccc1F. The number of nitro groups is 1. The molecule has 2 aromatic carbocycles. The summed E-state index contributed by atoms with van der Waals surface area (Å²) in [5.74, 6) is -1.85. The Labute approximate surface area is 171 Å². The molecule has 0 bridgehead atoms. The zero-order valence-corrected chi connectivity index (χ0v) is 16.2. The molecule has 0 radical (unpaired) electrons. The van der Waals surface area contributed by atoms with Crippen molar-refractivity contribution in [2.24, 2.45) is 0 Å². The number of hydrogen-bond acceptors (Lipinski definition) is 7. The van der Waals surface area contributed by atoms with E-state index in [1.54, 1.807) is 12.1 Å². The number of anilines is 3. The molecule has 3 N–H and O–H groups in total. The van der Waals surface area contributed by atoms with Crippen molar-refractivity contribution in [2.75, 3.05) is 10.7 Å². The van der Waals surface area contributed by atoms with Crippen molar-refractivity contribution in [1.29, 1.82) is 0 Å². The maximum absolute atomic E-state index is 13.7. The number of hydrogen-bond donors (Lipinski definition) is 3. The van der Waals surface area contributed by atoms with E-state index in [-0.39, 0.29) is 17.2 Å². The van der Waals surface area contributed by atoms with Crippen LogP contribution < -0.4 is 16.2 Å². The number of aromatic nitrogens is 2. The first-order valence-electron chi connectivity index (χ1n) is 7.78. The first-order chi connectivity index (χ1) is 13.5. The van der Waals surface area contributed by atoms with Crippen LogP contribution >= 0.6 is 22.6 Å². The third-order valence-corrected chi connectivity index (χ3v) is 4.24. The average molecular weight is 494 g/mol. The van der Waals surface area contributed by atoms with E-state index >= 15 is 0 Å². The summed E-state index contributed by atoms with van der Waals surface area (Å²) in [6, 6.07) is 12.5. The molecule has 1 heterocycles. The Balaban J connectivity index is 1.83. The van der Waals surface area contributed by atoms with Gasteiger partial charge < -0.3 is 5.32 Å². The largest absolute Gasteiger partial charge is 0.355 e. The second-order valence-corrected chi connectivity index (χ2v) is 6.61. The summed E-state index contributed by atoms with van der Waals surface area (Å²) in [7, 11) is 0. The molecule has 0 aliphatic rings. The van der Waals surface area contributed by atoms with Crippen molar-refractivity contribution in [3.8, 4) is 0 Å². The maximum Gasteiger partial charge on any atom is 0.355 e. The molecule has 3 aromatic rings. The van der Waals surface area contributed by atoms with E-state index in [0.717, 1.165) is 16.0 Å². The lowest BCUT2D eigenvalue weighted by Gasteiger charge is -2.11. The number of rotatable bonds is 6. The Morgan fingerprint density at radius 1 is 1.07 bits per heavy atom. The minimum atomic E-state index is -0.807. The molecule has 0 spiro atoms. The quantitative estimate of drug-likeness (QED) is 0.272. The summed E-state index contributed by atoms with van der Waals surface area (Å²) in [5, 5.41) is 14.4. The molecule has 0 unspecified atom stereocenters. The number of hydrazine groups is 1. The number of nitrogens with zero attached hydrogens (tertiary/aromatic N) is 3. The zero-order valence-electron chi connectivity index (χ0n) is 14.0. The van der Waals surface area contributed by atoms with Gasteiger partial charge in [-0.3, -0.25) is 25.8 Å². The van der Waals surface area contributed by atoms with E-state index in [4.69, 9.17) is 0 Å². The smallest absolute Gasteiger partial charge is 0.334 e. The van der Waals surface area contributed by atoms with Crippen molar-refractivity contribution >= 4 is 51.5 Å². The Kier molecular flexibility index (Phi) is 5.93. The van der Waals surface area contributed by atoms with Gasteiger partial charge in [0.1, 0.15) is 12.1 Å². The van der Waals surface area contributed by atoms with Crippen LogP contribution in [0, 0.1) is 19.5 Å². The molecule has 0 atom stereocenters. The fourth-order valence-corrected chi connectivity index (χ4v) is 2.59. The molecule has 1 aromatic heterocycles. The van der Waals surface area contributed by atoms with Gasteiger partial charge in [-0.15, -0.1) is 0 Å². The van der Waals surface area contributed by atoms with Crippen LogP contribution in [0.3, 0.4) is 0 Å². The molecule has 1 amide bonds. The summed E-state index contributed by atoms with van der Waals surface area (Å²) in [4.78, 5) is 30.6. The second-order valence-electron chi connectivity index (χ2n) is 5.37. The van der Waals surface area contributed by atoms with E-state index in [0.29, 0.717) is 5.69 Å². The van der Waals surface area contributed by atoms with Crippen LogP contribution in [-0.2, 0) is 0 Å². The Hall–Kier alpha value is -3.35. The van der Waals surface area contributed by atoms with Crippen LogP contribution in [0.1, 0.15) is 10.4 Å². The summed E-state index contributed by atoms with van der Waals surface area (Å²) < 4.78 is 14.7. The van der Waals surface area contributed by atoms with Crippen molar-refractivity contribution in [1.82, 2.24) is 15.4 Å². The van der Waals surface area contributed by atoms with E-state index in [1.807, 2.05) is 12.1 Å². The molecular weight excluding hydrogens is 482 g/mol. The molecule has 0 saturated carbocycles. The van der Waals surface area contributed by atoms with Crippen molar-refractivity contribution in [3.63, 3.8) is 0 Å². The van der Waals surface area contributed by atoms with Gasteiger partial charge in [-0.25, -0.2) is 14.4 Å². The number of carbonyl (C=O) groups excluding carboxylic acids is 1. The monoisotopic (exact) mass is 494 g/mol. The molecule has 0 aliphatic carbocycles. The van der Waals surface area contributed by atoms with Gasteiger partial charge in [0.05, 0.1) is 10.5 Å². The highest BCUT2D eigenvalue weighted by atomic mass is 127. The lowest BCUT2D eigenvalue weighted by Crippen LogP contribution is -2.31. The lowest BCUT2D eigenvalue weighted by molar-refractivity contribution is -0.383. The minimum absolute atomic E-state index is 0.0659. The highest BCUT2D eigenvalue weighted by Crippen LogP contribution is 2.30. The van der Waals surface area contributed by atoms with Gasteiger partial charge in [0.15, 0.2) is 0 Å². The standard InChI is InChI=1S/C17H12FIN6O3/c18-13-4-2-1-3-12(13)17(26)24-23-16-14(25(27)28)15(20-9-21-16)22-11-7-5-10(19)6-8-11/h1-9H,(H,24,26)(H2,20,21,22,23). The predicted molar refractivity (Wildman–Crippen MR) is 109 cm³/mol. The molecule has 28 heavy (non-hydrogen) atoms. The van der Waals surface area contributed by atoms with Gasteiger partial charge in [-0.1, -0.05) is 12.1 Å². The number of amides is 1. The summed E-state index contributed by atoms with van der Waals surface area (Å²) in [5.41, 5.74) is 4.44. The third kappa shape index (κ3) is 4.49. The number of nitrogens with one attached hydrogen (secondary N) is 3. The van der Waals surface area contributed by atoms with Gasteiger partial charge >= 0.3 is 5.69 Å². The maximum atomic E-state index is 13.7. The topological polar surface area (TPSA) is 122 Å². The molecule has 0 saturated heterocycles. The molecule has 0 fully saturated rings. The van der Waals surface area contributed by atoms with Crippen LogP contribution in [0.2, 0.25) is 0 Å². The summed E-state index contributed by atoms with van der Waals surface area (Å²) in [6.45, 7) is 0. The van der Waals surface area contributed by atoms with E-state index < -0.39 is 22.3 Å². The van der Waals surface area contributed by atoms with E-state index in [9.17, 15) is 19.3 Å². The Morgan fingerprint density at radius 3 is 2.43 bits per heavy atom. The van der Waals surface area contributed by atoms with Crippen molar-refractivity contribution in [3.05, 3.63) is 79.9 Å². The highest BCUT2D eigenvalue weighted by Gasteiger charge is 2.24. The average Bonchev–Trinajstić information content (AvgIpc) is 2.68. The first kappa shape index (κ1) is 19.4. The summed E-state index contributed by atoms with van der Waals surface area (Å²) in [6.07, 6.45) is 1.10. The van der Waals surface area contributed by atoms with Crippen molar-refractivity contribution < 1.29 is 14.1 Å². The number of carbonyl (C=O) groups is 1. The Morgan fingerprint density at radius 2 is 1.75 bits per heavy atom. The Bertz CT molecular complexity index is 1030. The molecule has 9 nitrogen and oxygen atoms in total. The van der Waals surface area contributed by atoms with Crippen LogP contribution in [0.5, 0.6) is 0 Å². The van der Waals surface area contributed by atoms with Gasteiger partial charge in [-0.2, -0.15) is 0 Å². The molecule has 142 valence electrons. The van der Waals surface area contributed by atoms with E-state index in [2.05, 4.69) is 48.7 Å². The van der Waals surface area contributed by atoms with Crippen molar-refractivity contribution in [2.45, 2.75) is 0 Å². The van der Waals surface area contributed by atoms with Gasteiger partial charge in [0.2, 0.25) is 11.6 Å². The molecule has 3 rings (SSSR count). The number of benzene rings is 2. The van der Waals surface area contributed by atoms with Gasteiger partial charge in [0, 0.05) is 9.26 Å². The van der Waals surface area contributed by atoms with Crippen LogP contribution in [0.15, 0.2) is 54.9 Å². The third-order valence-electron chi connectivity index (χ3n) is 3.52. The highest BCUT2D eigenvalue weighted by molar-refractivity contribution is 14.1.